The summed E-state index contributed by atoms with van der Waals surface area (Å²) < 4.78 is 27.0. The van der Waals surface area contributed by atoms with Gasteiger partial charge in [-0.1, -0.05) is 29.3 Å². The molecule has 1 aliphatic rings. The molecule has 0 aromatic heterocycles. The molecule has 112 valence electrons. The topological polar surface area (TPSA) is 72.2 Å². The van der Waals surface area contributed by atoms with Gasteiger partial charge in [0, 0.05) is 12.1 Å². The minimum absolute atomic E-state index is 0.0115. The lowest BCUT2D eigenvalue weighted by Gasteiger charge is -2.26. The zero-order valence-corrected chi connectivity index (χ0v) is 13.3. The van der Waals surface area contributed by atoms with Crippen LogP contribution in [-0.4, -0.2) is 20.5 Å². The Kier molecular flexibility index (Phi) is 5.31. The van der Waals surface area contributed by atoms with Crippen molar-refractivity contribution in [2.24, 2.45) is 5.73 Å². The van der Waals surface area contributed by atoms with Crippen LogP contribution >= 0.6 is 23.2 Å². The molecule has 3 N–H and O–H groups in total. The van der Waals surface area contributed by atoms with Gasteiger partial charge in [0.1, 0.15) is 0 Å². The first-order chi connectivity index (χ1) is 9.35. The van der Waals surface area contributed by atoms with Crippen LogP contribution in [0, 0.1) is 0 Å². The summed E-state index contributed by atoms with van der Waals surface area (Å²) in [6.07, 6.45) is 3.31. The highest BCUT2D eigenvalue weighted by Gasteiger charge is 2.23. The van der Waals surface area contributed by atoms with Crippen molar-refractivity contribution in [3.05, 3.63) is 33.8 Å². The van der Waals surface area contributed by atoms with E-state index in [1.54, 1.807) is 18.2 Å². The predicted molar refractivity (Wildman–Crippen MR) is 82.5 cm³/mol. The van der Waals surface area contributed by atoms with Crippen LogP contribution in [0.5, 0.6) is 0 Å². The maximum absolute atomic E-state index is 12.1. The Labute approximate surface area is 129 Å². The fraction of sp³-hybridized carbons (Fsp3) is 0.538. The molecule has 4 nitrogen and oxygen atoms in total. The van der Waals surface area contributed by atoms with E-state index >= 15 is 0 Å². The van der Waals surface area contributed by atoms with Crippen LogP contribution in [0.3, 0.4) is 0 Å². The van der Waals surface area contributed by atoms with E-state index in [9.17, 15) is 8.42 Å². The number of hydrogen-bond donors (Lipinski definition) is 2. The van der Waals surface area contributed by atoms with Gasteiger partial charge in [-0.15, -0.1) is 0 Å². The molecule has 2 rings (SSSR count). The molecule has 0 radical (unpaired) electrons. The van der Waals surface area contributed by atoms with Crippen LogP contribution in [0.15, 0.2) is 18.2 Å². The van der Waals surface area contributed by atoms with E-state index in [0.717, 1.165) is 25.7 Å². The van der Waals surface area contributed by atoms with Gasteiger partial charge < -0.3 is 5.73 Å². The standard InChI is InChI=1S/C13H18Cl2N2O2S/c14-12-6-1-9(7-13(12)15)8-20(18,19)17-11-4-2-10(16)3-5-11/h1,6-7,10-11,17H,2-5,8,16H2. The Bertz CT molecular complexity index is 570. The largest absolute Gasteiger partial charge is 0.328 e. The summed E-state index contributed by atoms with van der Waals surface area (Å²) >= 11 is 11.7. The molecule has 1 aromatic carbocycles. The molecule has 0 saturated heterocycles. The molecule has 20 heavy (non-hydrogen) atoms. The zero-order chi connectivity index (χ0) is 14.8. The molecule has 0 unspecified atom stereocenters. The van der Waals surface area contributed by atoms with Gasteiger partial charge in [-0.05, 0) is 43.4 Å². The monoisotopic (exact) mass is 336 g/mol. The number of sulfonamides is 1. The van der Waals surface area contributed by atoms with Gasteiger partial charge in [-0.25, -0.2) is 13.1 Å². The molecule has 0 aliphatic heterocycles. The molecule has 0 amide bonds. The Morgan fingerprint density at radius 3 is 2.40 bits per heavy atom. The lowest BCUT2D eigenvalue weighted by atomic mass is 9.93. The summed E-state index contributed by atoms with van der Waals surface area (Å²) in [6.45, 7) is 0. The number of benzene rings is 1. The van der Waals surface area contributed by atoms with E-state index < -0.39 is 10.0 Å². The van der Waals surface area contributed by atoms with Crippen molar-refractivity contribution < 1.29 is 8.42 Å². The fourth-order valence-corrected chi connectivity index (χ4v) is 4.15. The van der Waals surface area contributed by atoms with Crippen LogP contribution in [0.1, 0.15) is 31.2 Å². The molecule has 0 heterocycles. The fourth-order valence-electron chi connectivity index (χ4n) is 2.38. The van der Waals surface area contributed by atoms with Crippen LogP contribution < -0.4 is 10.5 Å². The van der Waals surface area contributed by atoms with E-state index in [2.05, 4.69) is 4.72 Å². The van der Waals surface area contributed by atoms with Crippen molar-refractivity contribution in [3.63, 3.8) is 0 Å². The Balaban J connectivity index is 1.98. The van der Waals surface area contributed by atoms with Gasteiger partial charge in [-0.3, -0.25) is 0 Å². The Hall–Kier alpha value is -0.330. The van der Waals surface area contributed by atoms with E-state index in [0.29, 0.717) is 15.6 Å². The maximum Gasteiger partial charge on any atom is 0.216 e. The SMILES string of the molecule is NC1CCC(NS(=O)(=O)Cc2ccc(Cl)c(Cl)c2)CC1. The quantitative estimate of drug-likeness (QED) is 0.887. The molecule has 1 fully saturated rings. The summed E-state index contributed by atoms with van der Waals surface area (Å²) in [5.41, 5.74) is 6.44. The van der Waals surface area contributed by atoms with Gasteiger partial charge in [-0.2, -0.15) is 0 Å². The molecule has 1 saturated carbocycles. The van der Waals surface area contributed by atoms with Crippen molar-refractivity contribution in [2.75, 3.05) is 0 Å². The molecule has 0 spiro atoms. The first kappa shape index (κ1) is 16.0. The lowest BCUT2D eigenvalue weighted by molar-refractivity contribution is 0.373. The normalized spacial score (nSPS) is 23.8. The highest BCUT2D eigenvalue weighted by Crippen LogP contribution is 2.24. The number of rotatable bonds is 4. The van der Waals surface area contributed by atoms with Gasteiger partial charge >= 0.3 is 0 Å². The van der Waals surface area contributed by atoms with Crippen LogP contribution in [0.2, 0.25) is 10.0 Å². The smallest absolute Gasteiger partial charge is 0.216 e. The maximum atomic E-state index is 12.1. The van der Waals surface area contributed by atoms with Gasteiger partial charge in [0.15, 0.2) is 0 Å². The van der Waals surface area contributed by atoms with Gasteiger partial charge in [0.05, 0.1) is 15.8 Å². The lowest BCUT2D eigenvalue weighted by Crippen LogP contribution is -2.40. The average Bonchev–Trinajstić information content (AvgIpc) is 2.36. The second-order valence-electron chi connectivity index (χ2n) is 5.24. The average molecular weight is 337 g/mol. The van der Waals surface area contributed by atoms with Crippen LogP contribution in [0.4, 0.5) is 0 Å². The third-order valence-corrected chi connectivity index (χ3v) is 5.60. The number of nitrogens with one attached hydrogen (secondary N) is 1. The van der Waals surface area contributed by atoms with Gasteiger partial charge in [0.25, 0.3) is 0 Å². The van der Waals surface area contributed by atoms with Crippen molar-refractivity contribution >= 4 is 33.2 Å². The number of hydrogen-bond acceptors (Lipinski definition) is 3. The molecule has 0 bridgehead atoms. The number of halogens is 2. The molecule has 0 atom stereocenters. The minimum Gasteiger partial charge on any atom is -0.328 e. The number of nitrogens with two attached hydrogens (primary N) is 1. The summed E-state index contributed by atoms with van der Waals surface area (Å²) in [7, 11) is -3.37. The van der Waals surface area contributed by atoms with E-state index in [1.165, 1.54) is 0 Å². The predicted octanol–water partition coefficient (Wildman–Crippen LogP) is 2.68. The molecule has 1 aromatic rings. The zero-order valence-electron chi connectivity index (χ0n) is 11.0. The van der Waals surface area contributed by atoms with Crippen LogP contribution in [0.25, 0.3) is 0 Å². The summed E-state index contributed by atoms with van der Waals surface area (Å²) in [4.78, 5) is 0. The second-order valence-corrected chi connectivity index (χ2v) is 7.81. The highest BCUT2D eigenvalue weighted by molar-refractivity contribution is 7.88. The molecular weight excluding hydrogens is 319 g/mol. The second kappa shape index (κ2) is 6.62. The van der Waals surface area contributed by atoms with Crippen molar-refractivity contribution in [2.45, 2.75) is 43.5 Å². The van der Waals surface area contributed by atoms with Crippen LogP contribution in [-0.2, 0) is 15.8 Å². The van der Waals surface area contributed by atoms with E-state index in [1.807, 2.05) is 0 Å². The first-order valence-electron chi connectivity index (χ1n) is 6.55. The minimum atomic E-state index is -3.37. The first-order valence-corrected chi connectivity index (χ1v) is 8.96. The van der Waals surface area contributed by atoms with E-state index in [-0.39, 0.29) is 17.8 Å². The Morgan fingerprint density at radius 1 is 1.15 bits per heavy atom. The van der Waals surface area contributed by atoms with Gasteiger partial charge in [0.2, 0.25) is 10.0 Å². The molecule has 1 aliphatic carbocycles. The third kappa shape index (κ3) is 4.60. The summed E-state index contributed by atoms with van der Waals surface area (Å²) in [6, 6.07) is 5.05. The highest BCUT2D eigenvalue weighted by atomic mass is 35.5. The summed E-state index contributed by atoms with van der Waals surface area (Å²) in [5.74, 6) is -0.0908. The van der Waals surface area contributed by atoms with Crippen molar-refractivity contribution in [1.82, 2.24) is 4.72 Å². The van der Waals surface area contributed by atoms with Crippen molar-refractivity contribution in [1.29, 1.82) is 0 Å². The Morgan fingerprint density at radius 2 is 1.80 bits per heavy atom. The van der Waals surface area contributed by atoms with Crippen molar-refractivity contribution in [3.8, 4) is 0 Å². The third-order valence-electron chi connectivity index (χ3n) is 3.46. The molecular formula is C13H18Cl2N2O2S. The summed E-state index contributed by atoms with van der Waals surface area (Å²) in [5, 5.41) is 0.782. The van der Waals surface area contributed by atoms with E-state index in [4.69, 9.17) is 28.9 Å². The molecule has 7 heteroatoms.